The summed E-state index contributed by atoms with van der Waals surface area (Å²) < 4.78 is 42.3. The number of rotatable bonds is 1. The minimum atomic E-state index is -4.86. The molecular weight excluding hydrogens is 351 g/mol. The molecule has 4 rings (SSSR count). The molecule has 2 nitrogen and oxygen atoms in total. The van der Waals surface area contributed by atoms with E-state index in [4.69, 9.17) is 11.6 Å². The summed E-state index contributed by atoms with van der Waals surface area (Å²) in [5.41, 5.74) is -0.891. The van der Waals surface area contributed by atoms with Gasteiger partial charge in [-0.05, 0) is 42.3 Å². The van der Waals surface area contributed by atoms with Crippen LogP contribution in [0.2, 0.25) is 5.02 Å². The van der Waals surface area contributed by atoms with Crippen LogP contribution in [0.3, 0.4) is 0 Å². The van der Waals surface area contributed by atoms with E-state index in [0.717, 1.165) is 10.6 Å². The molecule has 2 heterocycles. The van der Waals surface area contributed by atoms with Gasteiger partial charge in [-0.25, -0.2) is 0 Å². The molecule has 0 spiro atoms. The van der Waals surface area contributed by atoms with Crippen molar-refractivity contribution in [1.82, 2.24) is 4.57 Å². The number of aliphatic hydroxyl groups is 1. The van der Waals surface area contributed by atoms with Crippen molar-refractivity contribution in [2.24, 2.45) is 0 Å². The summed E-state index contributed by atoms with van der Waals surface area (Å²) in [5.74, 6) is 0. The zero-order valence-corrected chi connectivity index (χ0v) is 13.9. The van der Waals surface area contributed by atoms with E-state index in [9.17, 15) is 18.3 Å². The zero-order valence-electron chi connectivity index (χ0n) is 13.1. The molecule has 1 aromatic heterocycles. The Morgan fingerprint density at radius 2 is 1.80 bits per heavy atom. The van der Waals surface area contributed by atoms with Crippen molar-refractivity contribution in [3.05, 3.63) is 76.5 Å². The SMILES string of the molecule is Cc1c2n(c3ccccc13)C(O)(C(F)(F)F)C=C2c1cccc(Cl)c1. The predicted molar refractivity (Wildman–Crippen MR) is 91.5 cm³/mol. The number of hydrogen-bond donors (Lipinski definition) is 1. The molecular formula is C19H13ClF3NO. The summed E-state index contributed by atoms with van der Waals surface area (Å²) in [5, 5.41) is 11.7. The molecule has 3 aromatic rings. The molecule has 1 aliphatic rings. The number of para-hydroxylation sites is 1. The number of aromatic nitrogens is 1. The largest absolute Gasteiger partial charge is 0.441 e. The Balaban J connectivity index is 2.12. The molecule has 1 unspecified atom stereocenters. The highest BCUT2D eigenvalue weighted by molar-refractivity contribution is 6.30. The van der Waals surface area contributed by atoms with Gasteiger partial charge in [-0.2, -0.15) is 13.2 Å². The average Bonchev–Trinajstić information content (AvgIpc) is 3.03. The molecule has 25 heavy (non-hydrogen) atoms. The van der Waals surface area contributed by atoms with Gasteiger partial charge in [0.1, 0.15) is 0 Å². The molecule has 2 aromatic carbocycles. The van der Waals surface area contributed by atoms with Crippen molar-refractivity contribution >= 4 is 28.1 Å². The highest BCUT2D eigenvalue weighted by Crippen LogP contribution is 2.50. The van der Waals surface area contributed by atoms with Crippen molar-refractivity contribution in [2.75, 3.05) is 0 Å². The highest BCUT2D eigenvalue weighted by Gasteiger charge is 2.58. The molecule has 0 amide bonds. The van der Waals surface area contributed by atoms with Crippen LogP contribution in [0.4, 0.5) is 13.2 Å². The first-order valence-electron chi connectivity index (χ1n) is 7.63. The Morgan fingerprint density at radius 3 is 2.48 bits per heavy atom. The van der Waals surface area contributed by atoms with Crippen molar-refractivity contribution in [2.45, 2.75) is 18.8 Å². The fraction of sp³-hybridized carbons (Fsp3) is 0.158. The second kappa shape index (κ2) is 5.13. The lowest BCUT2D eigenvalue weighted by atomic mass is 9.99. The highest BCUT2D eigenvalue weighted by atomic mass is 35.5. The maximum atomic E-state index is 13.8. The van der Waals surface area contributed by atoms with E-state index >= 15 is 0 Å². The lowest BCUT2D eigenvalue weighted by Gasteiger charge is -2.27. The van der Waals surface area contributed by atoms with Gasteiger partial charge >= 0.3 is 6.18 Å². The summed E-state index contributed by atoms with van der Waals surface area (Å²) in [6, 6.07) is 13.4. The first kappa shape index (κ1) is 16.2. The van der Waals surface area contributed by atoms with Crippen molar-refractivity contribution in [1.29, 1.82) is 0 Å². The van der Waals surface area contributed by atoms with Crippen LogP contribution in [0.15, 0.2) is 54.6 Å². The second-order valence-electron chi connectivity index (χ2n) is 6.12. The Morgan fingerprint density at radius 1 is 1.08 bits per heavy atom. The number of halogens is 4. The quantitative estimate of drug-likeness (QED) is 0.627. The fourth-order valence-corrected chi connectivity index (χ4v) is 3.69. The topological polar surface area (TPSA) is 25.2 Å². The van der Waals surface area contributed by atoms with Crippen molar-refractivity contribution in [3.63, 3.8) is 0 Å². The van der Waals surface area contributed by atoms with Crippen LogP contribution in [-0.2, 0) is 5.72 Å². The van der Waals surface area contributed by atoms with Crippen LogP contribution in [-0.4, -0.2) is 15.8 Å². The predicted octanol–water partition coefficient (Wildman–Crippen LogP) is 5.26. The van der Waals surface area contributed by atoms with Gasteiger partial charge in [0.05, 0.1) is 11.2 Å². The van der Waals surface area contributed by atoms with Gasteiger partial charge < -0.3 is 9.67 Å². The van der Waals surface area contributed by atoms with Gasteiger partial charge in [0.15, 0.2) is 0 Å². The molecule has 0 bridgehead atoms. The van der Waals surface area contributed by atoms with E-state index in [-0.39, 0.29) is 0 Å². The summed E-state index contributed by atoms with van der Waals surface area (Å²) in [6.07, 6.45) is -4.00. The van der Waals surface area contributed by atoms with Crippen LogP contribution in [0.25, 0.3) is 16.5 Å². The number of benzene rings is 2. The number of alkyl halides is 3. The van der Waals surface area contributed by atoms with E-state index in [2.05, 4.69) is 0 Å². The minimum absolute atomic E-state index is 0.316. The maximum absolute atomic E-state index is 13.8. The molecule has 0 fully saturated rings. The van der Waals surface area contributed by atoms with Crippen LogP contribution >= 0.6 is 11.6 Å². The summed E-state index contributed by atoms with van der Waals surface area (Å²) in [6.45, 7) is 1.76. The van der Waals surface area contributed by atoms with E-state index in [1.807, 2.05) is 0 Å². The van der Waals surface area contributed by atoms with E-state index < -0.39 is 11.9 Å². The van der Waals surface area contributed by atoms with E-state index in [1.165, 1.54) is 0 Å². The monoisotopic (exact) mass is 363 g/mol. The Labute approximate surface area is 146 Å². The van der Waals surface area contributed by atoms with Gasteiger partial charge in [-0.15, -0.1) is 0 Å². The van der Waals surface area contributed by atoms with Crippen molar-refractivity contribution < 1.29 is 18.3 Å². The van der Waals surface area contributed by atoms with Crippen LogP contribution in [0.5, 0.6) is 0 Å². The molecule has 1 atom stereocenters. The summed E-state index contributed by atoms with van der Waals surface area (Å²) in [7, 11) is 0. The standard InChI is InChI=1S/C19H13ClF3NO/c1-11-14-7-2-3-8-16(14)24-17(11)15(10-18(24,25)19(21,22)23)12-5-4-6-13(20)9-12/h2-10,25H,1H3. The maximum Gasteiger partial charge on any atom is 0.441 e. The minimum Gasteiger partial charge on any atom is -0.360 e. The van der Waals surface area contributed by atoms with Crippen molar-refractivity contribution in [3.8, 4) is 0 Å². The molecule has 0 saturated heterocycles. The lowest BCUT2D eigenvalue weighted by molar-refractivity contribution is -0.272. The summed E-state index contributed by atoms with van der Waals surface area (Å²) in [4.78, 5) is 0. The Hall–Kier alpha value is -2.24. The Bertz CT molecular complexity index is 1030. The molecule has 0 aliphatic carbocycles. The third-order valence-electron chi connectivity index (χ3n) is 4.62. The normalized spacial score (nSPS) is 20.0. The first-order chi connectivity index (χ1) is 11.7. The fourth-order valence-electron chi connectivity index (χ4n) is 3.50. The Kier molecular flexibility index (Phi) is 3.33. The number of aryl methyl sites for hydroxylation is 1. The van der Waals surface area contributed by atoms with E-state index in [0.29, 0.717) is 38.3 Å². The van der Waals surface area contributed by atoms with Gasteiger partial charge in [0, 0.05) is 16.0 Å². The van der Waals surface area contributed by atoms with E-state index in [1.54, 1.807) is 55.5 Å². The van der Waals surface area contributed by atoms with Gasteiger partial charge in [-0.3, -0.25) is 0 Å². The molecule has 0 radical (unpaired) electrons. The molecule has 0 saturated carbocycles. The first-order valence-corrected chi connectivity index (χ1v) is 8.00. The van der Waals surface area contributed by atoms with Crippen LogP contribution in [0.1, 0.15) is 16.8 Å². The molecule has 128 valence electrons. The average molecular weight is 364 g/mol. The molecule has 1 aliphatic heterocycles. The van der Waals surface area contributed by atoms with Crippen LogP contribution in [0, 0.1) is 6.92 Å². The molecule has 6 heteroatoms. The zero-order chi connectivity index (χ0) is 18.0. The molecule has 1 N–H and O–H groups in total. The third kappa shape index (κ3) is 2.16. The number of hydrogen-bond acceptors (Lipinski definition) is 1. The van der Waals surface area contributed by atoms with Gasteiger partial charge in [0.25, 0.3) is 5.72 Å². The second-order valence-corrected chi connectivity index (χ2v) is 6.55. The third-order valence-corrected chi connectivity index (χ3v) is 4.86. The number of fused-ring (bicyclic) bond motifs is 3. The lowest BCUT2D eigenvalue weighted by Crippen LogP contribution is -2.44. The van der Waals surface area contributed by atoms with Crippen LogP contribution < -0.4 is 0 Å². The smallest absolute Gasteiger partial charge is 0.360 e. The van der Waals surface area contributed by atoms with Gasteiger partial charge in [0.2, 0.25) is 0 Å². The van der Waals surface area contributed by atoms with Gasteiger partial charge in [-0.1, -0.05) is 41.9 Å². The number of nitrogens with zero attached hydrogens (tertiary/aromatic N) is 1. The summed E-state index contributed by atoms with van der Waals surface area (Å²) >= 11 is 6.01.